The van der Waals surface area contributed by atoms with Crippen molar-refractivity contribution >= 4 is 29.1 Å². The summed E-state index contributed by atoms with van der Waals surface area (Å²) in [6.07, 6.45) is 2.07. The van der Waals surface area contributed by atoms with E-state index >= 15 is 0 Å². The first-order valence-electron chi connectivity index (χ1n) is 11.4. The molecule has 2 aliphatic heterocycles. The maximum atomic E-state index is 14.2. The number of halogens is 4. The summed E-state index contributed by atoms with van der Waals surface area (Å²) in [5, 5.41) is 16.0. The number of carbonyl (C=O) groups excluding carboxylic acids is 2. The Morgan fingerprint density at radius 3 is 2.78 bits per heavy atom. The molecule has 2 amide bonds. The van der Waals surface area contributed by atoms with Crippen LogP contribution in [-0.2, 0) is 11.4 Å². The van der Waals surface area contributed by atoms with E-state index in [-0.39, 0.29) is 29.7 Å². The quantitative estimate of drug-likeness (QED) is 0.428. The fourth-order valence-corrected chi connectivity index (χ4v) is 4.52. The number of rotatable bonds is 6. The third-order valence-electron chi connectivity index (χ3n) is 6.43. The lowest BCUT2D eigenvalue weighted by atomic mass is 10.0. The van der Waals surface area contributed by atoms with Gasteiger partial charge in [-0.25, -0.2) is 13.2 Å². The number of alkyl halides is 1. The Labute approximate surface area is 213 Å². The number of fused-ring (bicyclic) bond motifs is 4. The van der Waals surface area contributed by atoms with Crippen LogP contribution in [0.2, 0.25) is 5.02 Å². The SMILES string of the molecule is C/C(CF)=N\OC1CCC(C)N2CC1n1cc(C(=O)NCc3ncc(F)c(Cl)c3F)c(=O)c(O)c1C2=O. The smallest absolute Gasteiger partial charge is 0.274 e. The van der Waals surface area contributed by atoms with Crippen LogP contribution in [0.4, 0.5) is 13.2 Å². The lowest BCUT2D eigenvalue weighted by Crippen LogP contribution is -2.49. The highest BCUT2D eigenvalue weighted by Gasteiger charge is 2.43. The largest absolute Gasteiger partial charge is 0.503 e. The van der Waals surface area contributed by atoms with Gasteiger partial charge in [0, 0.05) is 18.8 Å². The molecule has 2 aromatic rings. The highest BCUT2D eigenvalue weighted by molar-refractivity contribution is 6.30. The highest BCUT2D eigenvalue weighted by atomic mass is 35.5. The fourth-order valence-electron chi connectivity index (χ4n) is 4.36. The molecule has 3 unspecified atom stereocenters. The van der Waals surface area contributed by atoms with Crippen molar-refractivity contribution in [2.75, 3.05) is 13.2 Å². The molecule has 3 atom stereocenters. The molecule has 1 saturated heterocycles. The van der Waals surface area contributed by atoms with Gasteiger partial charge in [0.25, 0.3) is 11.8 Å². The van der Waals surface area contributed by atoms with Crippen LogP contribution in [0.25, 0.3) is 0 Å². The minimum atomic E-state index is -1.17. The van der Waals surface area contributed by atoms with Gasteiger partial charge < -0.3 is 24.7 Å². The molecule has 0 aliphatic carbocycles. The van der Waals surface area contributed by atoms with Gasteiger partial charge in [-0.05, 0) is 26.7 Å². The number of amides is 2. The molecular weight excluding hydrogens is 519 g/mol. The number of aromatic nitrogens is 2. The van der Waals surface area contributed by atoms with Crippen LogP contribution >= 0.6 is 11.6 Å². The van der Waals surface area contributed by atoms with Gasteiger partial charge in [0.1, 0.15) is 23.4 Å². The lowest BCUT2D eigenvalue weighted by Gasteiger charge is -2.38. The zero-order valence-corrected chi connectivity index (χ0v) is 20.6. The third kappa shape index (κ3) is 4.87. The molecule has 37 heavy (non-hydrogen) atoms. The van der Waals surface area contributed by atoms with E-state index in [0.717, 1.165) is 6.20 Å². The maximum Gasteiger partial charge on any atom is 0.274 e. The average Bonchev–Trinajstić information content (AvgIpc) is 3.02. The van der Waals surface area contributed by atoms with Gasteiger partial charge in [0.05, 0.1) is 30.2 Å². The Bertz CT molecular complexity index is 1350. The Balaban J connectivity index is 1.71. The molecule has 1 fully saturated rings. The van der Waals surface area contributed by atoms with Gasteiger partial charge in [0.15, 0.2) is 23.1 Å². The van der Waals surface area contributed by atoms with Crippen molar-refractivity contribution in [3.05, 3.63) is 56.2 Å². The number of nitrogens with one attached hydrogen (secondary N) is 1. The van der Waals surface area contributed by atoms with E-state index in [1.807, 2.05) is 6.92 Å². The molecule has 4 heterocycles. The van der Waals surface area contributed by atoms with Crippen molar-refractivity contribution in [1.29, 1.82) is 0 Å². The van der Waals surface area contributed by atoms with E-state index in [2.05, 4.69) is 15.5 Å². The van der Waals surface area contributed by atoms with Gasteiger partial charge in [-0.1, -0.05) is 16.8 Å². The predicted octanol–water partition coefficient (Wildman–Crippen LogP) is 2.72. The van der Waals surface area contributed by atoms with Crippen LogP contribution in [0.1, 0.15) is 59.3 Å². The van der Waals surface area contributed by atoms with Crippen LogP contribution in [0.5, 0.6) is 5.75 Å². The molecule has 0 spiro atoms. The third-order valence-corrected chi connectivity index (χ3v) is 6.78. The Morgan fingerprint density at radius 2 is 2.08 bits per heavy atom. The minimum Gasteiger partial charge on any atom is -0.503 e. The van der Waals surface area contributed by atoms with E-state index < -0.39 is 70.6 Å². The van der Waals surface area contributed by atoms with Crippen LogP contribution < -0.4 is 10.7 Å². The first kappa shape index (κ1) is 26.5. The van der Waals surface area contributed by atoms with E-state index in [1.54, 1.807) is 0 Å². The maximum absolute atomic E-state index is 14.2. The molecule has 0 radical (unpaired) electrons. The Hall–Kier alpha value is -3.61. The summed E-state index contributed by atoms with van der Waals surface area (Å²) in [6, 6.07) is -0.909. The number of aromatic hydroxyl groups is 1. The number of hydrogen-bond acceptors (Lipinski definition) is 7. The number of hydrogen-bond donors (Lipinski definition) is 2. The summed E-state index contributed by atoms with van der Waals surface area (Å²) in [7, 11) is 0. The fraction of sp³-hybridized carbons (Fsp3) is 0.435. The molecule has 14 heteroatoms. The van der Waals surface area contributed by atoms with E-state index in [9.17, 15) is 32.7 Å². The van der Waals surface area contributed by atoms with Crippen molar-refractivity contribution in [2.45, 2.75) is 51.4 Å². The topological polar surface area (TPSA) is 126 Å². The minimum absolute atomic E-state index is 0.103. The van der Waals surface area contributed by atoms with E-state index in [4.69, 9.17) is 16.4 Å². The van der Waals surface area contributed by atoms with Gasteiger partial charge >= 0.3 is 0 Å². The molecule has 0 aromatic carbocycles. The van der Waals surface area contributed by atoms with Crippen molar-refractivity contribution in [2.24, 2.45) is 5.16 Å². The van der Waals surface area contributed by atoms with Crippen LogP contribution in [0.15, 0.2) is 22.3 Å². The van der Waals surface area contributed by atoms with Gasteiger partial charge in [0.2, 0.25) is 5.43 Å². The second-order valence-corrected chi connectivity index (χ2v) is 9.27. The zero-order chi connectivity index (χ0) is 27.0. The van der Waals surface area contributed by atoms with Gasteiger partial charge in [-0.2, -0.15) is 0 Å². The summed E-state index contributed by atoms with van der Waals surface area (Å²) >= 11 is 5.53. The van der Waals surface area contributed by atoms with E-state index in [0.29, 0.717) is 19.0 Å². The first-order valence-corrected chi connectivity index (χ1v) is 11.7. The first-order chi connectivity index (χ1) is 17.5. The van der Waals surface area contributed by atoms with Crippen molar-refractivity contribution < 1.29 is 32.7 Å². The molecule has 2 bridgehead atoms. The molecule has 2 N–H and O–H groups in total. The number of oxime groups is 1. The molecule has 0 saturated carbocycles. The van der Waals surface area contributed by atoms with Crippen molar-refractivity contribution in [3.8, 4) is 5.75 Å². The molecule has 198 valence electrons. The number of carbonyl (C=O) groups is 2. The molecular formula is C23H23ClF3N5O5. The van der Waals surface area contributed by atoms with Crippen molar-refractivity contribution in [3.63, 3.8) is 0 Å². The monoisotopic (exact) mass is 541 g/mol. The lowest BCUT2D eigenvalue weighted by molar-refractivity contribution is 0.00741. The highest BCUT2D eigenvalue weighted by Crippen LogP contribution is 2.36. The molecule has 2 aromatic heterocycles. The summed E-state index contributed by atoms with van der Waals surface area (Å²) < 4.78 is 41.7. The van der Waals surface area contributed by atoms with Crippen LogP contribution in [0, 0.1) is 11.6 Å². The summed E-state index contributed by atoms with van der Waals surface area (Å²) in [5.41, 5.74) is -2.23. The number of pyridine rings is 2. The van der Waals surface area contributed by atoms with E-state index in [1.165, 1.54) is 16.4 Å². The standard InChI is InChI=1S/C23H23ClF3N5O5/c1-10(5-25)30-37-16-4-3-11(2)31-9-15(16)32-8-12(20(33)21(34)19(32)23(31)36)22(35)29-7-14-18(27)17(24)13(26)6-28-14/h6,8,11,15-16,34H,3-5,7,9H2,1-2H3,(H,29,35)/b30-10+. The summed E-state index contributed by atoms with van der Waals surface area (Å²) in [5.74, 6) is -4.78. The van der Waals surface area contributed by atoms with Crippen LogP contribution in [-0.4, -0.2) is 62.4 Å². The summed E-state index contributed by atoms with van der Waals surface area (Å²) in [4.78, 5) is 49.5. The number of nitrogens with zero attached hydrogens (tertiary/aromatic N) is 4. The van der Waals surface area contributed by atoms with Gasteiger partial charge in [-0.15, -0.1) is 0 Å². The Kier molecular flexibility index (Phi) is 7.44. The average molecular weight is 542 g/mol. The van der Waals surface area contributed by atoms with Crippen LogP contribution in [0.3, 0.4) is 0 Å². The molecule has 2 aliphatic rings. The summed E-state index contributed by atoms with van der Waals surface area (Å²) in [6.45, 7) is 2.04. The van der Waals surface area contributed by atoms with Gasteiger partial charge in [-0.3, -0.25) is 19.4 Å². The molecule has 4 rings (SSSR count). The van der Waals surface area contributed by atoms with Crippen molar-refractivity contribution in [1.82, 2.24) is 19.8 Å². The zero-order valence-electron chi connectivity index (χ0n) is 19.8. The Morgan fingerprint density at radius 1 is 1.35 bits per heavy atom. The second-order valence-electron chi connectivity index (χ2n) is 8.90. The second kappa shape index (κ2) is 10.4. The normalized spacial score (nSPS) is 21.4. The predicted molar refractivity (Wildman–Crippen MR) is 125 cm³/mol. The molecule has 10 nitrogen and oxygen atoms in total.